The topological polar surface area (TPSA) is 126 Å². The van der Waals surface area contributed by atoms with Gasteiger partial charge < -0.3 is 20.8 Å². The van der Waals surface area contributed by atoms with Crippen LogP contribution >= 0.6 is 0 Å². The van der Waals surface area contributed by atoms with Gasteiger partial charge in [0.2, 0.25) is 5.91 Å². The van der Waals surface area contributed by atoms with Crippen molar-refractivity contribution in [3.63, 3.8) is 0 Å². The first kappa shape index (κ1) is 28.6. The largest absolute Gasteiger partial charge is 0.414 e. The Balaban J connectivity index is 1.64. The van der Waals surface area contributed by atoms with Crippen LogP contribution in [-0.4, -0.2) is 56.8 Å². The molecular formula is C28H33F3N4O4. The molecule has 1 aliphatic carbocycles. The Morgan fingerprint density at radius 2 is 1.90 bits per heavy atom. The predicted octanol–water partition coefficient (Wildman–Crippen LogP) is 3.74. The molecule has 8 nitrogen and oxygen atoms in total. The predicted molar refractivity (Wildman–Crippen MR) is 138 cm³/mol. The summed E-state index contributed by atoms with van der Waals surface area (Å²) in [5.41, 5.74) is 1.29. The fraction of sp³-hybridized carbons (Fsp3) is 0.464. The highest BCUT2D eigenvalue weighted by Crippen LogP contribution is 2.37. The fourth-order valence-corrected chi connectivity index (χ4v) is 5.46. The lowest BCUT2D eigenvalue weighted by Crippen LogP contribution is -2.62. The van der Waals surface area contributed by atoms with Crippen molar-refractivity contribution >= 4 is 17.8 Å². The summed E-state index contributed by atoms with van der Waals surface area (Å²) in [7, 11) is 0. The van der Waals surface area contributed by atoms with E-state index in [1.807, 2.05) is 32.0 Å². The average Bonchev–Trinajstić information content (AvgIpc) is 3.21. The van der Waals surface area contributed by atoms with Crippen molar-refractivity contribution in [3.05, 3.63) is 70.8 Å². The van der Waals surface area contributed by atoms with Crippen LogP contribution in [0, 0.1) is 5.41 Å². The van der Waals surface area contributed by atoms with Crippen LogP contribution in [-0.2, 0) is 11.2 Å². The number of amides is 2. The Bertz CT molecular complexity index is 1230. The maximum Gasteiger partial charge on any atom is 0.414 e. The molecule has 11 heteroatoms. The SMILES string of the molecule is CCC1(CC)CC(=O)N(C(CC(O)C(F)(F)F)c2cccc(C(=O)N[C@@H]3c4ccccc4C[C@H]3O)c2)C(=N)N1. The molecule has 1 heterocycles. The molecule has 1 fully saturated rings. The van der Waals surface area contributed by atoms with Gasteiger partial charge in [0.05, 0.1) is 24.6 Å². The molecule has 1 saturated heterocycles. The van der Waals surface area contributed by atoms with Crippen molar-refractivity contribution in [2.45, 2.75) is 82.0 Å². The third-order valence-corrected chi connectivity index (χ3v) is 7.90. The lowest BCUT2D eigenvalue weighted by molar-refractivity contribution is -0.208. The molecule has 0 aromatic heterocycles. The van der Waals surface area contributed by atoms with Gasteiger partial charge in [-0.25, -0.2) is 0 Å². The molecular weight excluding hydrogens is 513 g/mol. The zero-order valence-electron chi connectivity index (χ0n) is 21.8. The number of nitrogens with one attached hydrogen (secondary N) is 3. The van der Waals surface area contributed by atoms with E-state index < -0.39 is 54.2 Å². The minimum atomic E-state index is -4.94. The van der Waals surface area contributed by atoms with Crippen molar-refractivity contribution < 1.29 is 33.0 Å². The Kier molecular flexibility index (Phi) is 8.04. The fourth-order valence-electron chi connectivity index (χ4n) is 5.46. The summed E-state index contributed by atoms with van der Waals surface area (Å²) in [6, 6.07) is 11.1. The maximum atomic E-state index is 13.4. The highest BCUT2D eigenvalue weighted by Gasteiger charge is 2.46. The van der Waals surface area contributed by atoms with Crippen LogP contribution in [0.2, 0.25) is 0 Å². The molecule has 2 unspecified atom stereocenters. The van der Waals surface area contributed by atoms with Crippen LogP contribution in [0.25, 0.3) is 0 Å². The minimum absolute atomic E-state index is 0.0276. The smallest absolute Gasteiger partial charge is 0.390 e. The molecule has 5 N–H and O–H groups in total. The summed E-state index contributed by atoms with van der Waals surface area (Å²) in [5, 5.41) is 34.8. The summed E-state index contributed by atoms with van der Waals surface area (Å²) >= 11 is 0. The standard InChI is InChI=1S/C28H33F3N4O4/c1-3-27(4-2)15-23(38)35(26(32)34-27)20(14-22(37)28(29,30)31)17-9-7-10-18(12-17)25(39)33-24-19-11-6-5-8-16(19)13-21(24)36/h5-12,20-22,24,36-37H,3-4,13-15H2,1-2H3,(H2,32,34)(H,33,39)/t20?,21-,22?,24-/m1/s1. The van der Waals surface area contributed by atoms with E-state index in [-0.39, 0.29) is 23.5 Å². The third kappa shape index (κ3) is 5.79. The second kappa shape index (κ2) is 11.0. The van der Waals surface area contributed by atoms with Gasteiger partial charge in [0.15, 0.2) is 12.1 Å². The second-order valence-electron chi connectivity index (χ2n) is 10.3. The molecule has 4 atom stereocenters. The van der Waals surface area contributed by atoms with Crippen molar-refractivity contribution in [2.75, 3.05) is 0 Å². The average molecular weight is 547 g/mol. The van der Waals surface area contributed by atoms with Crippen LogP contribution in [0.4, 0.5) is 13.2 Å². The number of carbonyl (C=O) groups excluding carboxylic acids is 2. The molecule has 0 spiro atoms. The van der Waals surface area contributed by atoms with Crippen LogP contribution < -0.4 is 10.6 Å². The Morgan fingerprint density at radius 3 is 2.54 bits per heavy atom. The molecule has 2 aromatic rings. The number of halogens is 3. The number of nitrogens with zero attached hydrogens (tertiary/aromatic N) is 1. The van der Waals surface area contributed by atoms with E-state index in [0.29, 0.717) is 19.3 Å². The van der Waals surface area contributed by atoms with Gasteiger partial charge in [-0.05, 0) is 41.7 Å². The Hall–Kier alpha value is -3.44. The Morgan fingerprint density at radius 1 is 1.21 bits per heavy atom. The number of guanidine groups is 1. The number of fused-ring (bicyclic) bond motifs is 1. The Labute approximate surface area is 224 Å². The number of aliphatic hydroxyl groups is 2. The first-order chi connectivity index (χ1) is 18.4. The van der Waals surface area contributed by atoms with Gasteiger partial charge in [-0.3, -0.25) is 19.9 Å². The molecule has 210 valence electrons. The van der Waals surface area contributed by atoms with E-state index in [9.17, 15) is 33.0 Å². The first-order valence-electron chi connectivity index (χ1n) is 13.0. The number of hydrogen-bond donors (Lipinski definition) is 5. The molecule has 2 amide bonds. The van der Waals surface area contributed by atoms with Crippen LogP contribution in [0.3, 0.4) is 0 Å². The van der Waals surface area contributed by atoms with Crippen molar-refractivity contribution in [1.82, 2.24) is 15.5 Å². The molecule has 0 saturated carbocycles. The van der Waals surface area contributed by atoms with Gasteiger partial charge in [0.25, 0.3) is 5.91 Å². The summed E-state index contributed by atoms with van der Waals surface area (Å²) < 4.78 is 40.2. The van der Waals surface area contributed by atoms with Gasteiger partial charge in [0.1, 0.15) is 0 Å². The summed E-state index contributed by atoms with van der Waals surface area (Å²) in [4.78, 5) is 27.4. The molecule has 0 bridgehead atoms. The van der Waals surface area contributed by atoms with E-state index >= 15 is 0 Å². The first-order valence-corrected chi connectivity index (χ1v) is 13.0. The zero-order chi connectivity index (χ0) is 28.5. The van der Waals surface area contributed by atoms with E-state index in [2.05, 4.69) is 10.6 Å². The quantitative estimate of drug-likeness (QED) is 0.345. The number of aliphatic hydroxyl groups excluding tert-OH is 2. The number of rotatable bonds is 8. The summed E-state index contributed by atoms with van der Waals surface area (Å²) in [5.74, 6) is -1.45. The van der Waals surface area contributed by atoms with E-state index in [0.717, 1.165) is 16.0 Å². The number of hydrogen-bond acceptors (Lipinski definition) is 5. The molecule has 2 aliphatic rings. The van der Waals surface area contributed by atoms with E-state index in [4.69, 9.17) is 5.41 Å². The van der Waals surface area contributed by atoms with Crippen LogP contribution in [0.15, 0.2) is 48.5 Å². The van der Waals surface area contributed by atoms with Crippen molar-refractivity contribution in [3.8, 4) is 0 Å². The van der Waals surface area contributed by atoms with Gasteiger partial charge in [-0.2, -0.15) is 13.2 Å². The lowest BCUT2D eigenvalue weighted by atomic mass is 9.85. The van der Waals surface area contributed by atoms with Crippen LogP contribution in [0.1, 0.15) is 78.7 Å². The lowest BCUT2D eigenvalue weighted by Gasteiger charge is -2.45. The minimum Gasteiger partial charge on any atom is -0.390 e. The van der Waals surface area contributed by atoms with Gasteiger partial charge >= 0.3 is 6.18 Å². The van der Waals surface area contributed by atoms with Crippen LogP contribution in [0.5, 0.6) is 0 Å². The van der Waals surface area contributed by atoms with Gasteiger partial charge in [-0.1, -0.05) is 50.2 Å². The highest BCUT2D eigenvalue weighted by atomic mass is 19.4. The number of alkyl halides is 3. The molecule has 1 aliphatic heterocycles. The third-order valence-electron chi connectivity index (χ3n) is 7.90. The normalized spacial score (nSPS) is 22.2. The zero-order valence-corrected chi connectivity index (χ0v) is 21.8. The summed E-state index contributed by atoms with van der Waals surface area (Å²) in [6.45, 7) is 3.72. The van der Waals surface area contributed by atoms with E-state index in [1.54, 1.807) is 6.07 Å². The highest BCUT2D eigenvalue weighted by molar-refractivity contribution is 6.00. The van der Waals surface area contributed by atoms with Gasteiger partial charge in [0, 0.05) is 23.9 Å². The van der Waals surface area contributed by atoms with Gasteiger partial charge in [-0.15, -0.1) is 0 Å². The second-order valence-corrected chi connectivity index (χ2v) is 10.3. The monoisotopic (exact) mass is 546 g/mol. The molecule has 0 radical (unpaired) electrons. The summed E-state index contributed by atoms with van der Waals surface area (Å²) in [6.07, 6.45) is -8.02. The number of benzene rings is 2. The molecule has 39 heavy (non-hydrogen) atoms. The van der Waals surface area contributed by atoms with Crippen molar-refractivity contribution in [2.24, 2.45) is 0 Å². The van der Waals surface area contributed by atoms with Crippen molar-refractivity contribution in [1.29, 1.82) is 5.41 Å². The number of carbonyl (C=O) groups is 2. The molecule has 2 aromatic carbocycles. The maximum absolute atomic E-state index is 13.4. The van der Waals surface area contributed by atoms with E-state index in [1.165, 1.54) is 24.3 Å². The molecule has 4 rings (SSSR count).